The second-order valence-electron chi connectivity index (χ2n) is 3.97. The lowest BCUT2D eigenvalue weighted by molar-refractivity contribution is -0.150. The molecule has 1 unspecified atom stereocenters. The minimum Gasteiger partial charge on any atom is -0.480 e. The van der Waals surface area contributed by atoms with Crippen molar-refractivity contribution in [1.82, 2.24) is 4.90 Å². The summed E-state index contributed by atoms with van der Waals surface area (Å²) in [5.74, 6) is -0.997. The molecular weight excluding hydrogens is 211 g/mol. The number of alkyl halides is 3. The summed E-state index contributed by atoms with van der Waals surface area (Å²) in [6, 6.07) is -0.757. The van der Waals surface area contributed by atoms with E-state index in [1.807, 2.05) is 0 Å². The minimum atomic E-state index is -4.22. The zero-order valence-electron chi connectivity index (χ0n) is 8.42. The normalized spacial score (nSPS) is 19.3. The lowest BCUT2D eigenvalue weighted by Crippen LogP contribution is -2.41. The summed E-state index contributed by atoms with van der Waals surface area (Å²) in [5, 5.41) is 8.86. The summed E-state index contributed by atoms with van der Waals surface area (Å²) >= 11 is 0. The van der Waals surface area contributed by atoms with E-state index in [-0.39, 0.29) is 12.5 Å². The molecule has 1 atom stereocenters. The third-order valence-electron chi connectivity index (χ3n) is 2.54. The van der Waals surface area contributed by atoms with Crippen molar-refractivity contribution >= 4 is 5.97 Å². The molecule has 6 heteroatoms. The van der Waals surface area contributed by atoms with Gasteiger partial charge in [0, 0.05) is 6.54 Å². The van der Waals surface area contributed by atoms with E-state index in [1.165, 1.54) is 11.9 Å². The molecule has 0 aromatic heterocycles. The first-order chi connectivity index (χ1) is 6.81. The Hall–Kier alpha value is -0.780. The molecule has 1 rings (SSSR count). The molecule has 0 aromatic carbocycles. The van der Waals surface area contributed by atoms with Crippen LogP contribution in [0.4, 0.5) is 13.2 Å². The fourth-order valence-corrected chi connectivity index (χ4v) is 1.60. The number of halogens is 3. The molecule has 15 heavy (non-hydrogen) atoms. The molecule has 0 heterocycles. The molecule has 1 aliphatic rings. The summed E-state index contributed by atoms with van der Waals surface area (Å²) < 4.78 is 35.8. The van der Waals surface area contributed by atoms with Crippen molar-refractivity contribution in [2.45, 2.75) is 31.5 Å². The van der Waals surface area contributed by atoms with Crippen LogP contribution in [0, 0.1) is 5.92 Å². The van der Waals surface area contributed by atoms with Gasteiger partial charge in [-0.1, -0.05) is 0 Å². The lowest BCUT2D eigenvalue weighted by atomic mass is 10.1. The van der Waals surface area contributed by atoms with Gasteiger partial charge < -0.3 is 5.11 Å². The van der Waals surface area contributed by atoms with Crippen molar-refractivity contribution in [3.05, 3.63) is 0 Å². The van der Waals surface area contributed by atoms with Gasteiger partial charge in [0.2, 0.25) is 0 Å². The highest BCUT2D eigenvalue weighted by Gasteiger charge is 2.39. The number of hydrogen-bond acceptors (Lipinski definition) is 2. The van der Waals surface area contributed by atoms with Gasteiger partial charge in [0.15, 0.2) is 0 Å². The predicted molar refractivity (Wildman–Crippen MR) is 47.4 cm³/mol. The summed E-state index contributed by atoms with van der Waals surface area (Å²) in [5.41, 5.74) is 0. The summed E-state index contributed by atoms with van der Waals surface area (Å²) in [6.45, 7) is -0.253. The van der Waals surface area contributed by atoms with Crippen LogP contribution < -0.4 is 0 Å². The van der Waals surface area contributed by atoms with E-state index >= 15 is 0 Å². The maximum Gasteiger partial charge on any atom is 0.390 e. The standard InChI is InChI=1S/C9H14F3NO2/c1-13(5-4-9(10,11)12)7(8(14)15)6-2-3-6/h6-7H,2-5H2,1H3,(H,14,15). The van der Waals surface area contributed by atoms with Gasteiger partial charge >= 0.3 is 12.1 Å². The molecule has 0 bridgehead atoms. The number of likely N-dealkylation sites (N-methyl/N-ethyl adjacent to an activating group) is 1. The van der Waals surface area contributed by atoms with Gasteiger partial charge in [-0.3, -0.25) is 9.69 Å². The maximum absolute atomic E-state index is 11.9. The van der Waals surface area contributed by atoms with E-state index in [0.717, 1.165) is 12.8 Å². The van der Waals surface area contributed by atoms with Crippen LogP contribution in [0.1, 0.15) is 19.3 Å². The average molecular weight is 225 g/mol. The molecule has 1 aliphatic carbocycles. The highest BCUT2D eigenvalue weighted by atomic mass is 19.4. The van der Waals surface area contributed by atoms with Gasteiger partial charge in [-0.05, 0) is 25.8 Å². The molecule has 1 fully saturated rings. The molecular formula is C9H14F3NO2. The highest BCUT2D eigenvalue weighted by molar-refractivity contribution is 5.74. The predicted octanol–water partition coefficient (Wildman–Crippen LogP) is 1.73. The Bertz CT molecular complexity index is 238. The van der Waals surface area contributed by atoms with Crippen LogP contribution in [0.15, 0.2) is 0 Å². The average Bonchev–Trinajstić information content (AvgIpc) is 2.83. The zero-order chi connectivity index (χ0) is 11.6. The SMILES string of the molecule is CN(CCC(F)(F)F)C(C(=O)O)C1CC1. The monoisotopic (exact) mass is 225 g/mol. The van der Waals surface area contributed by atoms with Crippen LogP contribution in [0.3, 0.4) is 0 Å². The summed E-state index contributed by atoms with van der Waals surface area (Å²) in [4.78, 5) is 12.1. The van der Waals surface area contributed by atoms with Crippen LogP contribution >= 0.6 is 0 Å². The van der Waals surface area contributed by atoms with Crippen molar-refractivity contribution < 1.29 is 23.1 Å². The second kappa shape index (κ2) is 4.38. The van der Waals surface area contributed by atoms with E-state index in [4.69, 9.17) is 5.11 Å². The van der Waals surface area contributed by atoms with E-state index < -0.39 is 24.6 Å². The topological polar surface area (TPSA) is 40.5 Å². The van der Waals surface area contributed by atoms with Crippen LogP contribution in [0.2, 0.25) is 0 Å². The summed E-state index contributed by atoms with van der Waals surface area (Å²) in [7, 11) is 1.43. The van der Waals surface area contributed by atoms with Gasteiger partial charge in [0.25, 0.3) is 0 Å². The first kappa shape index (κ1) is 12.3. The van der Waals surface area contributed by atoms with Crippen molar-refractivity contribution in [1.29, 1.82) is 0 Å². The van der Waals surface area contributed by atoms with Crippen LogP contribution in [-0.2, 0) is 4.79 Å². The molecule has 1 N–H and O–H groups in total. The Morgan fingerprint density at radius 2 is 2.07 bits per heavy atom. The molecule has 0 radical (unpaired) electrons. The van der Waals surface area contributed by atoms with Gasteiger partial charge in [-0.15, -0.1) is 0 Å². The lowest BCUT2D eigenvalue weighted by Gasteiger charge is -2.24. The Balaban J connectivity index is 2.42. The first-order valence-electron chi connectivity index (χ1n) is 4.81. The van der Waals surface area contributed by atoms with Crippen molar-refractivity contribution in [2.75, 3.05) is 13.6 Å². The van der Waals surface area contributed by atoms with Gasteiger partial charge in [-0.2, -0.15) is 13.2 Å². The summed E-state index contributed by atoms with van der Waals surface area (Å²) in [6.07, 6.45) is -3.58. The third-order valence-corrected chi connectivity index (χ3v) is 2.54. The molecule has 0 aliphatic heterocycles. The van der Waals surface area contributed by atoms with E-state index in [2.05, 4.69) is 0 Å². The molecule has 0 aromatic rings. The molecule has 88 valence electrons. The fourth-order valence-electron chi connectivity index (χ4n) is 1.60. The Morgan fingerprint density at radius 3 is 2.40 bits per heavy atom. The molecule has 0 spiro atoms. The quantitative estimate of drug-likeness (QED) is 0.774. The highest BCUT2D eigenvalue weighted by Crippen LogP contribution is 2.35. The molecule has 0 amide bonds. The number of rotatable bonds is 5. The molecule has 0 saturated heterocycles. The van der Waals surface area contributed by atoms with E-state index in [0.29, 0.717) is 0 Å². The fraction of sp³-hybridized carbons (Fsp3) is 0.889. The zero-order valence-corrected chi connectivity index (χ0v) is 8.42. The number of carboxylic acid groups (broad SMARTS) is 1. The Kier molecular flexibility index (Phi) is 3.59. The van der Waals surface area contributed by atoms with E-state index in [1.54, 1.807) is 0 Å². The van der Waals surface area contributed by atoms with Crippen LogP contribution in [0.5, 0.6) is 0 Å². The van der Waals surface area contributed by atoms with Gasteiger partial charge in [0.1, 0.15) is 6.04 Å². The van der Waals surface area contributed by atoms with Crippen LogP contribution in [0.25, 0.3) is 0 Å². The largest absolute Gasteiger partial charge is 0.480 e. The second-order valence-corrected chi connectivity index (χ2v) is 3.97. The van der Waals surface area contributed by atoms with E-state index in [9.17, 15) is 18.0 Å². The maximum atomic E-state index is 11.9. The van der Waals surface area contributed by atoms with Crippen molar-refractivity contribution in [3.8, 4) is 0 Å². The molecule has 3 nitrogen and oxygen atoms in total. The van der Waals surface area contributed by atoms with Crippen molar-refractivity contribution in [2.24, 2.45) is 5.92 Å². The minimum absolute atomic E-state index is 0.0285. The smallest absolute Gasteiger partial charge is 0.390 e. The van der Waals surface area contributed by atoms with Crippen LogP contribution in [-0.4, -0.2) is 41.8 Å². The number of carboxylic acids is 1. The number of carbonyl (C=O) groups is 1. The van der Waals surface area contributed by atoms with Crippen molar-refractivity contribution in [3.63, 3.8) is 0 Å². The Labute approximate surface area is 85.9 Å². The number of hydrogen-bond donors (Lipinski definition) is 1. The third kappa shape index (κ3) is 4.07. The Morgan fingerprint density at radius 1 is 1.53 bits per heavy atom. The molecule has 1 saturated carbocycles. The number of aliphatic carboxylic acids is 1. The van der Waals surface area contributed by atoms with Gasteiger partial charge in [-0.25, -0.2) is 0 Å². The van der Waals surface area contributed by atoms with Gasteiger partial charge in [0.05, 0.1) is 6.42 Å². The number of nitrogens with zero attached hydrogens (tertiary/aromatic N) is 1. The first-order valence-corrected chi connectivity index (χ1v) is 4.81.